The highest BCUT2D eigenvalue weighted by Gasteiger charge is 2.16. The lowest BCUT2D eigenvalue weighted by atomic mass is 10.1. The minimum absolute atomic E-state index is 0.180. The molecule has 1 saturated heterocycles. The molecule has 1 aliphatic rings. The van der Waals surface area contributed by atoms with Gasteiger partial charge in [0, 0.05) is 18.7 Å². The maximum atomic E-state index is 11.0. The maximum Gasteiger partial charge on any atom is 0.335 e. The fraction of sp³-hybridized carbons (Fsp3) is 0.250. The first-order valence-corrected chi connectivity index (χ1v) is 9.48. The topological polar surface area (TPSA) is 135 Å². The van der Waals surface area contributed by atoms with Crippen molar-refractivity contribution in [1.29, 1.82) is 0 Å². The zero-order valence-corrected chi connectivity index (χ0v) is 16.7. The van der Waals surface area contributed by atoms with Gasteiger partial charge in [-0.25, -0.2) is 10.2 Å². The number of aromatic nitrogens is 3. The third-order valence-corrected chi connectivity index (χ3v) is 4.48. The van der Waals surface area contributed by atoms with Gasteiger partial charge in [-0.2, -0.15) is 20.1 Å². The number of methoxy groups -OCH3 is 1. The predicted molar refractivity (Wildman–Crippen MR) is 112 cm³/mol. The smallest absolute Gasteiger partial charge is 0.335 e. The Balaban J connectivity index is 1.44. The molecule has 0 amide bonds. The fourth-order valence-corrected chi connectivity index (χ4v) is 2.90. The molecule has 1 fully saturated rings. The number of morpholine rings is 1. The van der Waals surface area contributed by atoms with Crippen LogP contribution in [-0.4, -0.2) is 65.7 Å². The molecule has 0 bridgehead atoms. The van der Waals surface area contributed by atoms with Gasteiger partial charge in [0.05, 0.1) is 32.1 Å². The first-order valence-electron chi connectivity index (χ1n) is 9.48. The summed E-state index contributed by atoms with van der Waals surface area (Å²) in [6.07, 6.45) is 1.49. The molecule has 3 heterocycles. The number of furan rings is 1. The highest BCUT2D eigenvalue weighted by atomic mass is 16.5. The van der Waals surface area contributed by atoms with Crippen LogP contribution in [0.3, 0.4) is 0 Å². The van der Waals surface area contributed by atoms with E-state index in [2.05, 4.69) is 25.5 Å². The molecule has 31 heavy (non-hydrogen) atoms. The second kappa shape index (κ2) is 9.22. The number of aromatic carboxylic acids is 1. The van der Waals surface area contributed by atoms with Crippen molar-refractivity contribution in [2.45, 2.75) is 0 Å². The normalized spacial score (nSPS) is 14.0. The second-order valence-electron chi connectivity index (χ2n) is 6.50. The van der Waals surface area contributed by atoms with Crippen LogP contribution in [0, 0.1) is 0 Å². The summed E-state index contributed by atoms with van der Waals surface area (Å²) < 4.78 is 16.2. The predicted octanol–water partition coefficient (Wildman–Crippen LogP) is 2.12. The standard InChI is InChI=1S/C20H20N6O5/c1-29-20-23-18(22-19(24-20)26-8-10-30-11-9-26)25-21-12-15-6-7-16(31-15)13-2-4-14(5-3-13)17(27)28/h2-7,12H,8-11H2,1H3,(H,27,28)(H,22,23,24,25)/b21-12-. The van der Waals surface area contributed by atoms with E-state index in [1.807, 2.05) is 4.90 Å². The summed E-state index contributed by atoms with van der Waals surface area (Å²) in [5, 5.41) is 13.1. The maximum absolute atomic E-state index is 11.0. The molecule has 11 nitrogen and oxygen atoms in total. The van der Waals surface area contributed by atoms with E-state index >= 15 is 0 Å². The van der Waals surface area contributed by atoms with Crippen molar-refractivity contribution in [2.24, 2.45) is 5.10 Å². The SMILES string of the molecule is COc1nc(N/N=C\c2ccc(-c3ccc(C(=O)O)cc3)o2)nc(N2CCOCC2)n1. The van der Waals surface area contributed by atoms with E-state index in [0.29, 0.717) is 43.8 Å². The Hall–Kier alpha value is -3.99. The number of ether oxygens (including phenoxy) is 2. The Morgan fingerprint density at radius 3 is 2.65 bits per heavy atom. The van der Waals surface area contributed by atoms with E-state index in [1.165, 1.54) is 25.5 Å². The van der Waals surface area contributed by atoms with Crippen molar-refractivity contribution in [3.63, 3.8) is 0 Å². The van der Waals surface area contributed by atoms with Crippen LogP contribution in [0.15, 0.2) is 45.9 Å². The van der Waals surface area contributed by atoms with E-state index in [0.717, 1.165) is 5.56 Å². The van der Waals surface area contributed by atoms with Gasteiger partial charge in [-0.05, 0) is 24.3 Å². The number of hydrogen-bond donors (Lipinski definition) is 2. The first kappa shape index (κ1) is 20.3. The molecular formula is C20H20N6O5. The van der Waals surface area contributed by atoms with Crippen LogP contribution in [-0.2, 0) is 4.74 Å². The Labute approximate surface area is 177 Å². The van der Waals surface area contributed by atoms with Crippen LogP contribution in [0.4, 0.5) is 11.9 Å². The summed E-state index contributed by atoms with van der Waals surface area (Å²) in [4.78, 5) is 25.7. The number of benzene rings is 1. The molecule has 2 N–H and O–H groups in total. The zero-order valence-electron chi connectivity index (χ0n) is 16.7. The Morgan fingerprint density at radius 2 is 1.94 bits per heavy atom. The molecule has 2 aromatic heterocycles. The van der Waals surface area contributed by atoms with Crippen LogP contribution in [0.1, 0.15) is 16.1 Å². The molecular weight excluding hydrogens is 404 g/mol. The number of anilines is 2. The van der Waals surface area contributed by atoms with Crippen LogP contribution in [0.5, 0.6) is 6.01 Å². The fourth-order valence-electron chi connectivity index (χ4n) is 2.90. The summed E-state index contributed by atoms with van der Waals surface area (Å²) in [6.45, 7) is 2.57. The molecule has 0 atom stereocenters. The van der Waals surface area contributed by atoms with Crippen molar-refractivity contribution < 1.29 is 23.8 Å². The van der Waals surface area contributed by atoms with Crippen molar-refractivity contribution in [1.82, 2.24) is 15.0 Å². The average Bonchev–Trinajstić information content (AvgIpc) is 3.28. The monoisotopic (exact) mass is 424 g/mol. The van der Waals surface area contributed by atoms with Gasteiger partial charge in [-0.15, -0.1) is 0 Å². The Bertz CT molecular complexity index is 1080. The van der Waals surface area contributed by atoms with E-state index in [1.54, 1.807) is 24.3 Å². The summed E-state index contributed by atoms with van der Waals surface area (Å²) in [5.41, 5.74) is 3.73. The first-order chi connectivity index (χ1) is 15.1. The van der Waals surface area contributed by atoms with Crippen LogP contribution in [0.25, 0.3) is 11.3 Å². The summed E-state index contributed by atoms with van der Waals surface area (Å²) >= 11 is 0. The lowest BCUT2D eigenvalue weighted by Crippen LogP contribution is -2.37. The molecule has 4 rings (SSSR count). The van der Waals surface area contributed by atoms with E-state index in [9.17, 15) is 4.79 Å². The van der Waals surface area contributed by atoms with Gasteiger partial charge >= 0.3 is 12.0 Å². The summed E-state index contributed by atoms with van der Waals surface area (Å²) in [6, 6.07) is 10.1. The highest BCUT2D eigenvalue weighted by Crippen LogP contribution is 2.22. The van der Waals surface area contributed by atoms with Crippen LogP contribution in [0.2, 0.25) is 0 Å². The molecule has 0 aliphatic carbocycles. The number of carboxylic acids is 1. The summed E-state index contributed by atoms with van der Waals surface area (Å²) in [5.74, 6) is 0.837. The molecule has 0 unspecified atom stereocenters. The minimum atomic E-state index is -0.975. The molecule has 11 heteroatoms. The third-order valence-electron chi connectivity index (χ3n) is 4.48. The van der Waals surface area contributed by atoms with Gasteiger partial charge < -0.3 is 23.9 Å². The lowest BCUT2D eigenvalue weighted by molar-refractivity contribution is 0.0697. The minimum Gasteiger partial charge on any atom is -0.478 e. The van der Waals surface area contributed by atoms with Gasteiger partial charge in [-0.1, -0.05) is 12.1 Å². The van der Waals surface area contributed by atoms with E-state index < -0.39 is 5.97 Å². The van der Waals surface area contributed by atoms with E-state index in [4.69, 9.17) is 19.0 Å². The lowest BCUT2D eigenvalue weighted by Gasteiger charge is -2.26. The number of carbonyl (C=O) groups is 1. The number of rotatable bonds is 7. The second-order valence-corrected chi connectivity index (χ2v) is 6.50. The highest BCUT2D eigenvalue weighted by molar-refractivity contribution is 5.88. The molecule has 3 aromatic rings. The van der Waals surface area contributed by atoms with Crippen molar-refractivity contribution in [3.05, 3.63) is 47.7 Å². The molecule has 0 radical (unpaired) electrons. The van der Waals surface area contributed by atoms with Gasteiger partial charge in [0.2, 0.25) is 5.95 Å². The van der Waals surface area contributed by atoms with E-state index in [-0.39, 0.29) is 17.5 Å². The Morgan fingerprint density at radius 1 is 1.16 bits per heavy atom. The number of nitrogens with one attached hydrogen (secondary N) is 1. The number of carboxylic acid groups (broad SMARTS) is 1. The molecule has 0 saturated carbocycles. The molecule has 0 spiro atoms. The quantitative estimate of drug-likeness (QED) is 0.429. The third kappa shape index (κ3) is 4.95. The van der Waals surface area contributed by atoms with Crippen LogP contribution < -0.4 is 15.1 Å². The number of hydrazone groups is 1. The largest absolute Gasteiger partial charge is 0.478 e. The number of hydrogen-bond acceptors (Lipinski definition) is 10. The summed E-state index contributed by atoms with van der Waals surface area (Å²) in [7, 11) is 1.48. The van der Waals surface area contributed by atoms with Crippen LogP contribution >= 0.6 is 0 Å². The average molecular weight is 424 g/mol. The Kier molecular flexibility index (Phi) is 6.03. The van der Waals surface area contributed by atoms with Gasteiger partial charge in [-0.3, -0.25) is 0 Å². The molecule has 1 aromatic carbocycles. The molecule has 160 valence electrons. The zero-order chi connectivity index (χ0) is 21.6. The van der Waals surface area contributed by atoms with Crippen molar-refractivity contribution in [3.8, 4) is 17.3 Å². The van der Waals surface area contributed by atoms with Crippen molar-refractivity contribution >= 4 is 24.1 Å². The molecule has 1 aliphatic heterocycles. The van der Waals surface area contributed by atoms with Crippen molar-refractivity contribution in [2.75, 3.05) is 43.7 Å². The van der Waals surface area contributed by atoms with Gasteiger partial charge in [0.1, 0.15) is 11.5 Å². The van der Waals surface area contributed by atoms with Gasteiger partial charge in [0.15, 0.2) is 0 Å². The van der Waals surface area contributed by atoms with Gasteiger partial charge in [0.25, 0.3) is 5.95 Å². The number of nitrogens with zero attached hydrogens (tertiary/aromatic N) is 5.